The van der Waals surface area contributed by atoms with Crippen LogP contribution in [-0.4, -0.2) is 49.0 Å². The number of carboxylic acid groups (broad SMARTS) is 1. The largest absolute Gasteiger partial charge is 0.480 e. The molecular weight excluding hydrogens is 444 g/mol. The van der Waals surface area contributed by atoms with E-state index < -0.39 is 33.7 Å². The van der Waals surface area contributed by atoms with Gasteiger partial charge in [0.25, 0.3) is 5.19 Å². The summed E-state index contributed by atoms with van der Waals surface area (Å²) >= 11 is 1.38. The Morgan fingerprint density at radius 2 is 1.81 bits per heavy atom. The van der Waals surface area contributed by atoms with E-state index in [9.17, 15) is 18.3 Å². The molecule has 1 aromatic heterocycles. The molecule has 2 atom stereocenters. The van der Waals surface area contributed by atoms with Gasteiger partial charge in [-0.1, -0.05) is 23.5 Å². The van der Waals surface area contributed by atoms with E-state index in [4.69, 9.17) is 14.2 Å². The van der Waals surface area contributed by atoms with Crippen molar-refractivity contribution in [2.45, 2.75) is 35.5 Å². The number of hydrogen-bond donors (Lipinski definition) is 2. The summed E-state index contributed by atoms with van der Waals surface area (Å²) in [6, 6.07) is 13.4. The summed E-state index contributed by atoms with van der Waals surface area (Å²) in [5.74, 6) is -0.836. The smallest absolute Gasteiger partial charge is 0.325 e. The number of aromatic nitrogens is 1. The third-order valence-corrected chi connectivity index (χ3v) is 7.90. The molecule has 2 N–H and O–H groups in total. The summed E-state index contributed by atoms with van der Waals surface area (Å²) < 4.78 is 45.6. The van der Waals surface area contributed by atoms with Crippen LogP contribution in [0.2, 0.25) is 0 Å². The van der Waals surface area contributed by atoms with Gasteiger partial charge in [-0.25, -0.2) is 13.4 Å². The number of nitrogens with one attached hydrogen (secondary N) is 1. The number of sulfonamides is 1. The molecule has 1 aliphatic heterocycles. The third-order valence-electron chi connectivity index (χ3n) is 5.43. The van der Waals surface area contributed by atoms with Gasteiger partial charge in [-0.15, -0.1) is 0 Å². The van der Waals surface area contributed by atoms with Crippen molar-refractivity contribution in [2.24, 2.45) is 0 Å². The summed E-state index contributed by atoms with van der Waals surface area (Å²) in [6.45, 7) is 0.0912. The molecule has 9 nitrogen and oxygen atoms in total. The SMILES string of the molecule is O=C(O)C1(NS(=O)(=O)c2ccc(Oc3nc4ccccc4s3)cc2)CC2OCOC2C1. The van der Waals surface area contributed by atoms with Crippen LogP contribution in [0.15, 0.2) is 53.4 Å². The second-order valence-corrected chi connectivity index (χ2v) is 10.1. The molecule has 0 bridgehead atoms. The van der Waals surface area contributed by atoms with Gasteiger partial charge < -0.3 is 19.3 Å². The molecule has 1 aliphatic carbocycles. The number of para-hydroxylation sites is 1. The van der Waals surface area contributed by atoms with Gasteiger partial charge in [0, 0.05) is 12.8 Å². The summed E-state index contributed by atoms with van der Waals surface area (Å²) in [4.78, 5) is 16.2. The van der Waals surface area contributed by atoms with Gasteiger partial charge >= 0.3 is 5.97 Å². The first-order chi connectivity index (χ1) is 14.8. The standard InChI is InChI=1S/C20H18N2O7S2/c23-18(24)20(9-15-16(10-20)28-11-27-15)22-31(25,26)13-7-5-12(6-8-13)29-19-21-14-3-1-2-4-17(14)30-19/h1-8,15-16,22H,9-11H2,(H,23,24). The quantitative estimate of drug-likeness (QED) is 0.573. The third kappa shape index (κ3) is 3.79. The van der Waals surface area contributed by atoms with Crippen molar-refractivity contribution in [3.63, 3.8) is 0 Å². The van der Waals surface area contributed by atoms with Gasteiger partial charge in [-0.05, 0) is 36.4 Å². The van der Waals surface area contributed by atoms with E-state index in [-0.39, 0.29) is 24.5 Å². The Labute approximate surface area is 181 Å². The van der Waals surface area contributed by atoms with Crippen LogP contribution < -0.4 is 9.46 Å². The molecule has 0 spiro atoms. The maximum absolute atomic E-state index is 12.9. The maximum atomic E-state index is 12.9. The lowest BCUT2D eigenvalue weighted by Crippen LogP contribution is -2.53. The fourth-order valence-corrected chi connectivity index (χ4v) is 6.10. The van der Waals surface area contributed by atoms with Crippen LogP contribution in [0.25, 0.3) is 10.2 Å². The fraction of sp³-hybridized carbons (Fsp3) is 0.300. The lowest BCUT2D eigenvalue weighted by Gasteiger charge is -2.26. The normalized spacial score (nSPS) is 25.5. The van der Waals surface area contributed by atoms with Crippen molar-refractivity contribution >= 4 is 37.5 Å². The van der Waals surface area contributed by atoms with Gasteiger partial charge in [0.05, 0.1) is 27.3 Å². The number of nitrogens with zero attached hydrogens (tertiary/aromatic N) is 1. The van der Waals surface area contributed by atoms with Crippen molar-refractivity contribution < 1.29 is 32.5 Å². The topological polar surface area (TPSA) is 124 Å². The molecule has 2 fully saturated rings. The van der Waals surface area contributed by atoms with E-state index in [0.29, 0.717) is 10.9 Å². The van der Waals surface area contributed by atoms with E-state index in [1.165, 1.54) is 35.6 Å². The Kier molecular flexibility index (Phi) is 4.94. The molecule has 0 radical (unpaired) electrons. The van der Waals surface area contributed by atoms with E-state index in [1.54, 1.807) is 0 Å². The molecule has 162 valence electrons. The summed E-state index contributed by atoms with van der Waals surface area (Å²) in [7, 11) is -4.10. The molecule has 2 aromatic carbocycles. The second kappa shape index (κ2) is 7.53. The monoisotopic (exact) mass is 462 g/mol. The van der Waals surface area contributed by atoms with Crippen molar-refractivity contribution in [3.05, 3.63) is 48.5 Å². The van der Waals surface area contributed by atoms with Gasteiger partial charge in [0.15, 0.2) is 0 Å². The predicted octanol–water partition coefficient (Wildman–Crippen LogP) is 2.73. The molecular formula is C20H18N2O7S2. The summed E-state index contributed by atoms with van der Waals surface area (Å²) in [6.07, 6.45) is -0.873. The van der Waals surface area contributed by atoms with Crippen LogP contribution in [0.4, 0.5) is 0 Å². The van der Waals surface area contributed by atoms with Crippen LogP contribution in [0.3, 0.4) is 0 Å². The molecule has 31 heavy (non-hydrogen) atoms. The van der Waals surface area contributed by atoms with Crippen LogP contribution in [0.1, 0.15) is 12.8 Å². The predicted molar refractivity (Wildman–Crippen MR) is 111 cm³/mol. The zero-order valence-corrected chi connectivity index (χ0v) is 17.7. The highest BCUT2D eigenvalue weighted by Crippen LogP contribution is 2.39. The van der Waals surface area contributed by atoms with Crippen molar-refractivity contribution in [1.82, 2.24) is 9.71 Å². The number of thiazole rings is 1. The van der Waals surface area contributed by atoms with Gasteiger partial charge in [-0.2, -0.15) is 4.72 Å². The van der Waals surface area contributed by atoms with Crippen LogP contribution >= 0.6 is 11.3 Å². The minimum atomic E-state index is -4.10. The molecule has 1 saturated heterocycles. The van der Waals surface area contributed by atoms with E-state index in [2.05, 4.69) is 9.71 Å². The molecule has 5 rings (SSSR count). The molecule has 3 aromatic rings. The Morgan fingerprint density at radius 1 is 1.13 bits per heavy atom. The lowest BCUT2D eigenvalue weighted by atomic mass is 9.99. The van der Waals surface area contributed by atoms with E-state index >= 15 is 0 Å². The summed E-state index contributed by atoms with van der Waals surface area (Å²) in [5, 5.41) is 10.2. The van der Waals surface area contributed by atoms with Gasteiger partial charge in [-0.3, -0.25) is 4.79 Å². The number of rotatable bonds is 6. The first-order valence-electron chi connectivity index (χ1n) is 9.49. The minimum absolute atomic E-state index is 0.00499. The van der Waals surface area contributed by atoms with Crippen molar-refractivity contribution in [3.8, 4) is 10.9 Å². The highest BCUT2D eigenvalue weighted by atomic mass is 32.2. The average Bonchev–Trinajstić information content (AvgIpc) is 3.41. The van der Waals surface area contributed by atoms with Crippen molar-refractivity contribution in [2.75, 3.05) is 6.79 Å². The number of carboxylic acids is 1. The number of ether oxygens (including phenoxy) is 3. The fourth-order valence-electron chi connectivity index (χ4n) is 3.88. The van der Waals surface area contributed by atoms with E-state index in [1.807, 2.05) is 24.3 Å². The molecule has 0 amide bonds. The molecule has 2 aliphatic rings. The number of aliphatic carboxylic acids is 1. The Bertz CT molecular complexity index is 1190. The average molecular weight is 463 g/mol. The Balaban J connectivity index is 1.34. The molecule has 1 saturated carbocycles. The number of benzene rings is 2. The lowest BCUT2D eigenvalue weighted by molar-refractivity contribution is -0.145. The minimum Gasteiger partial charge on any atom is -0.480 e. The van der Waals surface area contributed by atoms with Gasteiger partial charge in [0.1, 0.15) is 18.1 Å². The highest BCUT2D eigenvalue weighted by molar-refractivity contribution is 7.89. The molecule has 11 heteroatoms. The second-order valence-electron chi connectivity index (χ2n) is 7.45. The first-order valence-corrected chi connectivity index (χ1v) is 11.8. The zero-order chi connectivity index (χ0) is 21.6. The van der Waals surface area contributed by atoms with Crippen molar-refractivity contribution in [1.29, 1.82) is 0 Å². The van der Waals surface area contributed by atoms with E-state index in [0.717, 1.165) is 10.2 Å². The van der Waals surface area contributed by atoms with Crippen LogP contribution in [0.5, 0.6) is 10.9 Å². The number of carbonyl (C=O) groups is 1. The summed E-state index contributed by atoms with van der Waals surface area (Å²) in [5.41, 5.74) is -0.857. The van der Waals surface area contributed by atoms with Crippen LogP contribution in [-0.2, 0) is 24.3 Å². The van der Waals surface area contributed by atoms with Crippen LogP contribution in [0, 0.1) is 0 Å². The maximum Gasteiger partial charge on any atom is 0.325 e. The first kappa shape index (κ1) is 20.3. The Morgan fingerprint density at radius 3 is 2.45 bits per heavy atom. The number of hydrogen-bond acceptors (Lipinski definition) is 8. The van der Waals surface area contributed by atoms with Gasteiger partial charge in [0.2, 0.25) is 10.0 Å². The molecule has 2 unspecified atom stereocenters. The highest BCUT2D eigenvalue weighted by Gasteiger charge is 2.55. The molecule has 2 heterocycles. The number of fused-ring (bicyclic) bond motifs is 2. The zero-order valence-electron chi connectivity index (χ0n) is 16.1. The Hall–Kier alpha value is -2.57.